The van der Waals surface area contributed by atoms with Gasteiger partial charge >= 0.3 is 0 Å². The fourth-order valence-electron chi connectivity index (χ4n) is 2.69. The first kappa shape index (κ1) is 17.7. The van der Waals surface area contributed by atoms with Crippen molar-refractivity contribution < 1.29 is 8.42 Å². The molecule has 0 fully saturated rings. The first-order valence-corrected chi connectivity index (χ1v) is 9.95. The predicted molar refractivity (Wildman–Crippen MR) is 94.2 cm³/mol. The number of anilines is 1. The normalized spacial score (nSPS) is 12.1. The van der Waals surface area contributed by atoms with Crippen LogP contribution in [-0.4, -0.2) is 34.5 Å². The monoisotopic (exact) mass is 338 g/mol. The number of nitrogens with two attached hydrogens (primary N) is 1. The van der Waals surface area contributed by atoms with E-state index in [9.17, 15) is 8.42 Å². The lowest BCUT2D eigenvalue weighted by Gasteiger charge is -2.09. The van der Waals surface area contributed by atoms with Crippen LogP contribution in [-0.2, 0) is 16.4 Å². The zero-order valence-electron chi connectivity index (χ0n) is 14.2. The van der Waals surface area contributed by atoms with Gasteiger partial charge < -0.3 is 10.3 Å². The lowest BCUT2D eigenvalue weighted by molar-refractivity contribution is 0.582. The van der Waals surface area contributed by atoms with Crippen LogP contribution in [0.15, 0.2) is 6.33 Å². The largest absolute Gasteiger partial charge is 0.382 e. The van der Waals surface area contributed by atoms with E-state index in [4.69, 9.17) is 5.73 Å². The number of pyridine rings is 1. The summed E-state index contributed by atoms with van der Waals surface area (Å²) < 4.78 is 25.8. The highest BCUT2D eigenvalue weighted by atomic mass is 32.2. The van der Waals surface area contributed by atoms with Crippen molar-refractivity contribution in [1.29, 1.82) is 0 Å². The first-order chi connectivity index (χ1) is 10.9. The number of fused-ring (bicyclic) bond motifs is 1. The predicted octanol–water partition coefficient (Wildman–Crippen LogP) is 2.63. The van der Waals surface area contributed by atoms with Crippen molar-refractivity contribution in [1.82, 2.24) is 14.5 Å². The molecule has 2 rings (SSSR count). The van der Waals surface area contributed by atoms with Crippen molar-refractivity contribution in [2.24, 2.45) is 0 Å². The van der Waals surface area contributed by atoms with Crippen LogP contribution in [0.4, 0.5) is 5.82 Å². The van der Waals surface area contributed by atoms with Gasteiger partial charge in [0, 0.05) is 12.2 Å². The molecule has 2 N–H and O–H groups in total. The van der Waals surface area contributed by atoms with Crippen molar-refractivity contribution in [2.75, 3.05) is 17.2 Å². The number of aromatic nitrogens is 3. The maximum atomic E-state index is 11.9. The third kappa shape index (κ3) is 4.22. The Balaban J connectivity index is 2.01. The molecule has 0 amide bonds. The van der Waals surface area contributed by atoms with Gasteiger partial charge in [-0.15, -0.1) is 0 Å². The Morgan fingerprint density at radius 1 is 1.17 bits per heavy atom. The van der Waals surface area contributed by atoms with Gasteiger partial charge in [-0.3, -0.25) is 0 Å². The van der Waals surface area contributed by atoms with Gasteiger partial charge in [0.15, 0.2) is 5.82 Å². The van der Waals surface area contributed by atoms with Crippen LogP contribution in [0.25, 0.3) is 11.0 Å². The Labute approximate surface area is 138 Å². The number of aryl methyl sites for hydroxylation is 3. The molecule has 0 aliphatic carbocycles. The lowest BCUT2D eigenvalue weighted by Crippen LogP contribution is -2.11. The molecule has 0 saturated heterocycles. The summed E-state index contributed by atoms with van der Waals surface area (Å²) in [5.74, 6) is 1.02. The molecule has 7 heteroatoms. The van der Waals surface area contributed by atoms with Gasteiger partial charge in [-0.2, -0.15) is 0 Å². The van der Waals surface area contributed by atoms with Crippen LogP contribution >= 0.6 is 0 Å². The van der Waals surface area contributed by atoms with E-state index in [-0.39, 0.29) is 5.75 Å². The van der Waals surface area contributed by atoms with E-state index in [1.807, 2.05) is 25.3 Å². The van der Waals surface area contributed by atoms with Gasteiger partial charge in [-0.05, 0) is 38.7 Å². The van der Waals surface area contributed by atoms with Crippen LogP contribution in [0.2, 0.25) is 0 Å². The third-order valence-corrected chi connectivity index (χ3v) is 6.00. The smallest absolute Gasteiger partial charge is 0.151 e. The molecule has 2 aromatic rings. The summed E-state index contributed by atoms with van der Waals surface area (Å²) in [5.41, 5.74) is 9.63. The molecule has 2 heterocycles. The summed E-state index contributed by atoms with van der Waals surface area (Å²) in [4.78, 5) is 8.64. The zero-order valence-corrected chi connectivity index (χ0v) is 15.0. The Hall–Kier alpha value is -1.63. The lowest BCUT2D eigenvalue weighted by atomic mass is 10.2. The fourth-order valence-corrected chi connectivity index (χ4v) is 4.27. The Morgan fingerprint density at radius 2 is 1.87 bits per heavy atom. The Kier molecular flexibility index (Phi) is 5.62. The minimum atomic E-state index is -2.90. The van der Waals surface area contributed by atoms with Gasteiger partial charge in [-0.25, -0.2) is 18.4 Å². The summed E-state index contributed by atoms with van der Waals surface area (Å²) in [5, 5.41) is 0. The molecule has 0 aliphatic rings. The highest BCUT2D eigenvalue weighted by Gasteiger charge is 2.13. The average Bonchev–Trinajstić information content (AvgIpc) is 2.92. The molecule has 23 heavy (non-hydrogen) atoms. The second kappa shape index (κ2) is 7.29. The summed E-state index contributed by atoms with van der Waals surface area (Å²) >= 11 is 0. The van der Waals surface area contributed by atoms with Crippen molar-refractivity contribution >= 4 is 26.7 Å². The van der Waals surface area contributed by atoms with Crippen molar-refractivity contribution in [3.05, 3.63) is 17.6 Å². The van der Waals surface area contributed by atoms with E-state index in [2.05, 4.69) is 9.97 Å². The molecular weight excluding hydrogens is 312 g/mol. The van der Waals surface area contributed by atoms with Crippen LogP contribution in [0, 0.1) is 13.8 Å². The molecule has 6 nitrogen and oxygen atoms in total. The second-order valence-electron chi connectivity index (χ2n) is 6.06. The SMILES string of the molecule is CCCCS(=O)(=O)CCCCn1cnc2c(N)nc(C)c(C)c21. The van der Waals surface area contributed by atoms with E-state index in [1.165, 1.54) is 0 Å². The second-order valence-corrected chi connectivity index (χ2v) is 8.36. The molecule has 0 radical (unpaired) electrons. The molecule has 0 saturated carbocycles. The topological polar surface area (TPSA) is 90.9 Å². The first-order valence-electron chi connectivity index (χ1n) is 8.13. The van der Waals surface area contributed by atoms with Crippen LogP contribution in [0.5, 0.6) is 0 Å². The average molecular weight is 338 g/mol. The zero-order chi connectivity index (χ0) is 17.0. The molecule has 0 aromatic carbocycles. The van der Waals surface area contributed by atoms with Crippen LogP contribution in [0.1, 0.15) is 43.9 Å². The van der Waals surface area contributed by atoms with Crippen molar-refractivity contribution in [2.45, 2.75) is 53.0 Å². The summed E-state index contributed by atoms with van der Waals surface area (Å²) in [6, 6.07) is 0. The minimum absolute atomic E-state index is 0.265. The number of imidazole rings is 1. The van der Waals surface area contributed by atoms with Crippen LogP contribution < -0.4 is 5.73 Å². The molecular formula is C16H26N4O2S. The summed E-state index contributed by atoms with van der Waals surface area (Å²) in [7, 11) is -2.90. The van der Waals surface area contributed by atoms with E-state index in [0.717, 1.165) is 48.1 Å². The number of unbranched alkanes of at least 4 members (excludes halogenated alkanes) is 2. The van der Waals surface area contributed by atoms with Gasteiger partial charge in [0.1, 0.15) is 15.4 Å². The number of sulfone groups is 1. The number of rotatable bonds is 8. The molecule has 0 spiro atoms. The maximum Gasteiger partial charge on any atom is 0.151 e. The maximum absolute atomic E-state index is 11.9. The highest BCUT2D eigenvalue weighted by molar-refractivity contribution is 7.91. The molecule has 0 aliphatic heterocycles. The van der Waals surface area contributed by atoms with E-state index >= 15 is 0 Å². The summed E-state index contributed by atoms with van der Waals surface area (Å²) in [6.45, 7) is 6.69. The number of nitrogen functional groups attached to an aromatic ring is 1. The molecule has 2 aromatic heterocycles. The standard InChI is InChI=1S/C16H26N4O2S/c1-4-5-9-23(21,22)10-7-6-8-20-11-18-14-15(20)12(2)13(3)19-16(14)17/h11H,4-10H2,1-3H3,(H2,17,19). The highest BCUT2D eigenvalue weighted by Crippen LogP contribution is 2.24. The Bertz CT molecular complexity index is 781. The number of hydrogen-bond acceptors (Lipinski definition) is 5. The van der Waals surface area contributed by atoms with Crippen LogP contribution in [0.3, 0.4) is 0 Å². The molecule has 128 valence electrons. The molecule has 0 bridgehead atoms. The van der Waals surface area contributed by atoms with Gasteiger partial charge in [-0.1, -0.05) is 13.3 Å². The third-order valence-electron chi connectivity index (χ3n) is 4.18. The Morgan fingerprint density at radius 3 is 2.57 bits per heavy atom. The van der Waals surface area contributed by atoms with Crippen molar-refractivity contribution in [3.8, 4) is 0 Å². The minimum Gasteiger partial charge on any atom is -0.382 e. The quantitative estimate of drug-likeness (QED) is 0.747. The van der Waals surface area contributed by atoms with Gasteiger partial charge in [0.25, 0.3) is 0 Å². The molecule has 0 atom stereocenters. The fraction of sp³-hybridized carbons (Fsp3) is 0.625. The number of hydrogen-bond donors (Lipinski definition) is 1. The van der Waals surface area contributed by atoms with Gasteiger partial charge in [0.2, 0.25) is 0 Å². The van der Waals surface area contributed by atoms with E-state index < -0.39 is 9.84 Å². The van der Waals surface area contributed by atoms with E-state index in [1.54, 1.807) is 6.33 Å². The van der Waals surface area contributed by atoms with E-state index in [0.29, 0.717) is 18.0 Å². The van der Waals surface area contributed by atoms with Crippen molar-refractivity contribution in [3.63, 3.8) is 0 Å². The summed E-state index contributed by atoms with van der Waals surface area (Å²) in [6.07, 6.45) is 4.90. The number of nitrogens with zero attached hydrogens (tertiary/aromatic N) is 3. The van der Waals surface area contributed by atoms with Gasteiger partial charge in [0.05, 0.1) is 23.3 Å². The molecule has 0 unspecified atom stereocenters.